The highest BCUT2D eigenvalue weighted by Gasteiger charge is 2.64. The van der Waals surface area contributed by atoms with Crippen molar-refractivity contribution in [3.63, 3.8) is 0 Å². The van der Waals surface area contributed by atoms with Crippen molar-refractivity contribution >= 4 is 0 Å². The standard InChI is InChI=1S/C15H30N2/c1-6-12-7-9-17(10-8-16-12)11-13-14(2,3)15(13,4)5/h12-13,16H,6-11H2,1-5H3. The molecule has 17 heavy (non-hydrogen) atoms. The van der Waals surface area contributed by atoms with Crippen molar-refractivity contribution < 1.29 is 0 Å². The zero-order valence-electron chi connectivity index (χ0n) is 12.3. The first-order chi connectivity index (χ1) is 7.89. The van der Waals surface area contributed by atoms with Crippen LogP contribution < -0.4 is 5.32 Å². The molecule has 1 atom stereocenters. The van der Waals surface area contributed by atoms with E-state index in [0.717, 1.165) is 12.0 Å². The Morgan fingerprint density at radius 2 is 1.76 bits per heavy atom. The fourth-order valence-electron chi connectivity index (χ4n) is 3.56. The van der Waals surface area contributed by atoms with Gasteiger partial charge >= 0.3 is 0 Å². The van der Waals surface area contributed by atoms with Gasteiger partial charge in [0.15, 0.2) is 0 Å². The first-order valence-electron chi connectivity index (χ1n) is 7.35. The molecular weight excluding hydrogens is 208 g/mol. The Morgan fingerprint density at radius 1 is 1.12 bits per heavy atom. The Balaban J connectivity index is 1.85. The Morgan fingerprint density at radius 3 is 2.29 bits per heavy atom. The molecule has 1 aliphatic heterocycles. The molecule has 0 aromatic carbocycles. The smallest absolute Gasteiger partial charge is 0.0107 e. The summed E-state index contributed by atoms with van der Waals surface area (Å²) in [7, 11) is 0. The monoisotopic (exact) mass is 238 g/mol. The third-order valence-electron chi connectivity index (χ3n) is 5.91. The molecule has 2 nitrogen and oxygen atoms in total. The summed E-state index contributed by atoms with van der Waals surface area (Å²) in [4.78, 5) is 2.68. The molecule has 2 rings (SSSR count). The number of rotatable bonds is 3. The average molecular weight is 238 g/mol. The van der Waals surface area contributed by atoms with E-state index in [4.69, 9.17) is 0 Å². The molecule has 0 bridgehead atoms. The molecule has 0 spiro atoms. The van der Waals surface area contributed by atoms with Crippen LogP contribution in [0.1, 0.15) is 47.5 Å². The lowest BCUT2D eigenvalue weighted by Crippen LogP contribution is -2.31. The zero-order chi connectivity index (χ0) is 12.7. The van der Waals surface area contributed by atoms with Gasteiger partial charge in [-0.3, -0.25) is 0 Å². The van der Waals surface area contributed by atoms with Crippen molar-refractivity contribution in [3.8, 4) is 0 Å². The molecular formula is C15H30N2. The molecule has 2 aliphatic rings. The van der Waals surface area contributed by atoms with Crippen molar-refractivity contribution in [2.45, 2.75) is 53.5 Å². The van der Waals surface area contributed by atoms with Gasteiger partial charge in [-0.1, -0.05) is 34.6 Å². The molecule has 100 valence electrons. The fourth-order valence-corrected chi connectivity index (χ4v) is 3.56. The third kappa shape index (κ3) is 2.39. The van der Waals surface area contributed by atoms with E-state index in [-0.39, 0.29) is 0 Å². The van der Waals surface area contributed by atoms with E-state index < -0.39 is 0 Å². The molecule has 2 fully saturated rings. The minimum atomic E-state index is 0.539. The van der Waals surface area contributed by atoms with Gasteiger partial charge in [0, 0.05) is 25.7 Å². The summed E-state index contributed by atoms with van der Waals surface area (Å²) >= 11 is 0. The van der Waals surface area contributed by atoms with Crippen LogP contribution in [0.25, 0.3) is 0 Å². The summed E-state index contributed by atoms with van der Waals surface area (Å²) in [6.07, 6.45) is 2.60. The van der Waals surface area contributed by atoms with Gasteiger partial charge in [0.1, 0.15) is 0 Å². The lowest BCUT2D eigenvalue weighted by atomic mass is 10.0. The van der Waals surface area contributed by atoms with Crippen LogP contribution in [0.2, 0.25) is 0 Å². The van der Waals surface area contributed by atoms with E-state index >= 15 is 0 Å². The first-order valence-corrected chi connectivity index (χ1v) is 7.35. The number of hydrogen-bond donors (Lipinski definition) is 1. The summed E-state index contributed by atoms with van der Waals surface area (Å²) < 4.78 is 0. The summed E-state index contributed by atoms with van der Waals surface area (Å²) in [6.45, 7) is 17.0. The molecule has 1 saturated carbocycles. The fraction of sp³-hybridized carbons (Fsp3) is 1.00. The minimum Gasteiger partial charge on any atom is -0.313 e. The maximum atomic E-state index is 3.65. The normalized spacial score (nSPS) is 33.4. The number of hydrogen-bond acceptors (Lipinski definition) is 2. The van der Waals surface area contributed by atoms with E-state index in [2.05, 4.69) is 44.8 Å². The Labute approximate surface area is 107 Å². The third-order valence-corrected chi connectivity index (χ3v) is 5.91. The second kappa shape index (κ2) is 4.55. The highest BCUT2D eigenvalue weighted by atomic mass is 15.2. The average Bonchev–Trinajstić information content (AvgIpc) is 2.77. The maximum Gasteiger partial charge on any atom is 0.0107 e. The van der Waals surface area contributed by atoms with Crippen molar-refractivity contribution in [1.82, 2.24) is 10.2 Å². The van der Waals surface area contributed by atoms with E-state index in [1.54, 1.807) is 0 Å². The zero-order valence-corrected chi connectivity index (χ0v) is 12.3. The molecule has 1 saturated heterocycles. The van der Waals surface area contributed by atoms with Gasteiger partial charge in [-0.2, -0.15) is 0 Å². The van der Waals surface area contributed by atoms with Crippen LogP contribution in [-0.2, 0) is 0 Å². The molecule has 1 unspecified atom stereocenters. The molecule has 0 amide bonds. The van der Waals surface area contributed by atoms with E-state index in [0.29, 0.717) is 10.8 Å². The summed E-state index contributed by atoms with van der Waals surface area (Å²) in [5, 5.41) is 3.65. The van der Waals surface area contributed by atoms with Gasteiger partial charge in [-0.15, -0.1) is 0 Å². The highest BCUT2D eigenvalue weighted by Crippen LogP contribution is 2.68. The molecule has 0 aromatic rings. The van der Waals surface area contributed by atoms with Crippen LogP contribution in [0.4, 0.5) is 0 Å². The molecule has 2 heteroatoms. The first kappa shape index (κ1) is 13.4. The van der Waals surface area contributed by atoms with Crippen LogP contribution in [0.3, 0.4) is 0 Å². The van der Waals surface area contributed by atoms with Gasteiger partial charge in [-0.25, -0.2) is 0 Å². The predicted molar refractivity (Wildman–Crippen MR) is 74.2 cm³/mol. The largest absolute Gasteiger partial charge is 0.313 e. The minimum absolute atomic E-state index is 0.539. The summed E-state index contributed by atoms with van der Waals surface area (Å²) in [5.41, 5.74) is 1.08. The lowest BCUT2D eigenvalue weighted by Gasteiger charge is -2.20. The van der Waals surface area contributed by atoms with Crippen molar-refractivity contribution in [3.05, 3.63) is 0 Å². The number of nitrogens with zero attached hydrogens (tertiary/aromatic N) is 1. The molecule has 1 N–H and O–H groups in total. The number of nitrogens with one attached hydrogen (secondary N) is 1. The van der Waals surface area contributed by atoms with Crippen molar-refractivity contribution in [2.75, 3.05) is 26.2 Å². The second-order valence-corrected chi connectivity index (χ2v) is 7.14. The molecule has 0 radical (unpaired) electrons. The highest BCUT2D eigenvalue weighted by molar-refractivity contribution is 5.13. The van der Waals surface area contributed by atoms with Gasteiger partial charge < -0.3 is 10.2 Å². The quantitative estimate of drug-likeness (QED) is 0.813. The van der Waals surface area contributed by atoms with Crippen LogP contribution in [-0.4, -0.2) is 37.1 Å². The SMILES string of the molecule is CCC1CCN(CC2C(C)(C)C2(C)C)CCN1. The van der Waals surface area contributed by atoms with Crippen LogP contribution in [0.15, 0.2) is 0 Å². The van der Waals surface area contributed by atoms with Gasteiger partial charge in [0.2, 0.25) is 0 Å². The van der Waals surface area contributed by atoms with Crippen LogP contribution in [0.5, 0.6) is 0 Å². The van der Waals surface area contributed by atoms with Crippen molar-refractivity contribution in [2.24, 2.45) is 16.7 Å². The van der Waals surface area contributed by atoms with Crippen LogP contribution in [0, 0.1) is 16.7 Å². The van der Waals surface area contributed by atoms with Gasteiger partial charge in [0.05, 0.1) is 0 Å². The maximum absolute atomic E-state index is 3.65. The summed E-state index contributed by atoms with van der Waals surface area (Å²) in [6, 6.07) is 0.750. The second-order valence-electron chi connectivity index (χ2n) is 7.14. The molecule has 1 heterocycles. The Bertz CT molecular complexity index is 256. The lowest BCUT2D eigenvalue weighted by molar-refractivity contribution is 0.259. The topological polar surface area (TPSA) is 15.3 Å². The van der Waals surface area contributed by atoms with Crippen molar-refractivity contribution in [1.29, 1.82) is 0 Å². The Hall–Kier alpha value is -0.0800. The van der Waals surface area contributed by atoms with Gasteiger partial charge in [-0.05, 0) is 36.1 Å². The van der Waals surface area contributed by atoms with E-state index in [9.17, 15) is 0 Å². The van der Waals surface area contributed by atoms with Crippen LogP contribution >= 0.6 is 0 Å². The Kier molecular flexibility index (Phi) is 3.57. The van der Waals surface area contributed by atoms with E-state index in [1.807, 2.05) is 0 Å². The summed E-state index contributed by atoms with van der Waals surface area (Å²) in [5.74, 6) is 0.883. The van der Waals surface area contributed by atoms with E-state index in [1.165, 1.54) is 39.0 Å². The van der Waals surface area contributed by atoms with Gasteiger partial charge in [0.25, 0.3) is 0 Å². The molecule has 0 aromatic heterocycles. The predicted octanol–water partition coefficient (Wildman–Crippen LogP) is 2.74. The molecule has 1 aliphatic carbocycles.